The zero-order valence-electron chi connectivity index (χ0n) is 12.1. The van der Waals surface area contributed by atoms with E-state index in [1.165, 1.54) is 0 Å². The summed E-state index contributed by atoms with van der Waals surface area (Å²) >= 11 is 3.45. The van der Waals surface area contributed by atoms with E-state index in [9.17, 15) is 0 Å². The molecule has 2 rings (SSSR count). The van der Waals surface area contributed by atoms with Crippen LogP contribution in [0.15, 0.2) is 27.1 Å². The van der Waals surface area contributed by atoms with Crippen LogP contribution in [0.5, 0.6) is 0 Å². The summed E-state index contributed by atoms with van der Waals surface area (Å²) in [6.07, 6.45) is 1.81. The number of aromatic nitrogens is 2. The van der Waals surface area contributed by atoms with Crippen molar-refractivity contribution >= 4 is 15.9 Å². The Morgan fingerprint density at radius 3 is 2.80 bits per heavy atom. The van der Waals surface area contributed by atoms with Crippen molar-refractivity contribution in [3.8, 4) is 11.5 Å². The molecule has 1 heterocycles. The van der Waals surface area contributed by atoms with Gasteiger partial charge in [-0.2, -0.15) is 0 Å². The van der Waals surface area contributed by atoms with Gasteiger partial charge in [0.15, 0.2) is 0 Å². The average molecular weight is 338 g/mol. The molecule has 0 atom stereocenters. The summed E-state index contributed by atoms with van der Waals surface area (Å²) in [5.41, 5.74) is 2.11. The number of aryl methyl sites for hydroxylation is 2. The molecule has 0 amide bonds. The quantitative estimate of drug-likeness (QED) is 0.816. The molecule has 108 valence electrons. The van der Waals surface area contributed by atoms with E-state index in [0.717, 1.165) is 35.0 Å². The van der Waals surface area contributed by atoms with E-state index in [0.29, 0.717) is 17.8 Å². The Balaban J connectivity index is 1.98. The highest BCUT2D eigenvalue weighted by molar-refractivity contribution is 9.10. The first-order chi connectivity index (χ1) is 9.56. The summed E-state index contributed by atoms with van der Waals surface area (Å²) in [7, 11) is 0. The zero-order chi connectivity index (χ0) is 14.5. The summed E-state index contributed by atoms with van der Waals surface area (Å²) in [6.45, 7) is 7.28. The van der Waals surface area contributed by atoms with Crippen molar-refractivity contribution in [2.24, 2.45) is 0 Å². The first kappa shape index (κ1) is 15.2. The fourth-order valence-corrected chi connectivity index (χ4v) is 2.44. The monoisotopic (exact) mass is 337 g/mol. The third kappa shape index (κ3) is 4.15. The average Bonchev–Trinajstić information content (AvgIpc) is 2.83. The number of hydrogen-bond acceptors (Lipinski definition) is 4. The highest BCUT2D eigenvalue weighted by Gasteiger charge is 2.10. The van der Waals surface area contributed by atoms with Crippen molar-refractivity contribution in [1.29, 1.82) is 0 Å². The van der Waals surface area contributed by atoms with Crippen LogP contribution in [0, 0.1) is 6.92 Å². The molecule has 2 aromatic rings. The van der Waals surface area contributed by atoms with Gasteiger partial charge < -0.3 is 9.73 Å². The van der Waals surface area contributed by atoms with E-state index >= 15 is 0 Å². The van der Waals surface area contributed by atoms with Crippen molar-refractivity contribution in [2.75, 3.05) is 6.54 Å². The molecule has 20 heavy (non-hydrogen) atoms. The van der Waals surface area contributed by atoms with E-state index in [2.05, 4.69) is 45.3 Å². The Morgan fingerprint density at radius 2 is 2.10 bits per heavy atom. The predicted molar refractivity (Wildman–Crippen MR) is 83.6 cm³/mol. The van der Waals surface area contributed by atoms with Crippen molar-refractivity contribution < 1.29 is 4.42 Å². The fraction of sp³-hybridized carbons (Fsp3) is 0.467. The van der Waals surface area contributed by atoms with Crippen molar-refractivity contribution in [2.45, 2.75) is 39.7 Å². The van der Waals surface area contributed by atoms with Gasteiger partial charge in [-0.15, -0.1) is 10.2 Å². The van der Waals surface area contributed by atoms with Crippen molar-refractivity contribution in [3.63, 3.8) is 0 Å². The topological polar surface area (TPSA) is 51.0 Å². The zero-order valence-corrected chi connectivity index (χ0v) is 13.7. The number of benzene rings is 1. The second-order valence-electron chi connectivity index (χ2n) is 5.17. The van der Waals surface area contributed by atoms with Crippen LogP contribution >= 0.6 is 15.9 Å². The molecule has 0 aliphatic heterocycles. The first-order valence-electron chi connectivity index (χ1n) is 6.88. The Labute approximate surface area is 128 Å². The minimum Gasteiger partial charge on any atom is -0.421 e. The molecular formula is C15H20BrN3O. The van der Waals surface area contributed by atoms with Crippen LogP contribution in [0.25, 0.3) is 11.5 Å². The van der Waals surface area contributed by atoms with Crippen LogP contribution in [0.3, 0.4) is 0 Å². The minimum absolute atomic E-state index is 0.513. The second kappa shape index (κ2) is 6.99. The molecule has 0 radical (unpaired) electrons. The van der Waals surface area contributed by atoms with E-state index in [4.69, 9.17) is 4.42 Å². The van der Waals surface area contributed by atoms with Gasteiger partial charge in [0.2, 0.25) is 11.8 Å². The Bertz CT molecular complexity index is 566. The van der Waals surface area contributed by atoms with E-state index in [1.807, 2.05) is 25.1 Å². The van der Waals surface area contributed by atoms with Gasteiger partial charge in [-0.1, -0.05) is 29.8 Å². The maximum Gasteiger partial charge on any atom is 0.247 e. The molecule has 0 unspecified atom stereocenters. The lowest BCUT2D eigenvalue weighted by Crippen LogP contribution is -2.23. The molecule has 0 bridgehead atoms. The van der Waals surface area contributed by atoms with Gasteiger partial charge in [0.1, 0.15) is 0 Å². The maximum absolute atomic E-state index is 5.73. The largest absolute Gasteiger partial charge is 0.421 e. The van der Waals surface area contributed by atoms with Crippen molar-refractivity contribution in [1.82, 2.24) is 15.5 Å². The maximum atomic E-state index is 5.73. The van der Waals surface area contributed by atoms with E-state index in [-0.39, 0.29) is 0 Å². The van der Waals surface area contributed by atoms with Crippen LogP contribution in [-0.4, -0.2) is 22.8 Å². The summed E-state index contributed by atoms with van der Waals surface area (Å²) in [5.74, 6) is 1.30. The molecule has 1 N–H and O–H groups in total. The number of hydrogen-bond donors (Lipinski definition) is 1. The van der Waals surface area contributed by atoms with Gasteiger partial charge in [-0.25, -0.2) is 0 Å². The standard InChI is InChI=1S/C15H20BrN3O/c1-10(2)17-8-4-5-14-18-19-15(20-14)13-7-6-12(16)9-11(13)3/h6-7,9-10,17H,4-5,8H2,1-3H3. The smallest absolute Gasteiger partial charge is 0.247 e. The molecule has 0 saturated heterocycles. The van der Waals surface area contributed by atoms with Gasteiger partial charge in [-0.05, 0) is 43.7 Å². The summed E-state index contributed by atoms with van der Waals surface area (Å²) in [4.78, 5) is 0. The predicted octanol–water partition coefficient (Wildman–Crippen LogP) is 3.74. The molecular weight excluding hydrogens is 318 g/mol. The molecule has 0 aliphatic rings. The van der Waals surface area contributed by atoms with Gasteiger partial charge >= 0.3 is 0 Å². The minimum atomic E-state index is 0.513. The summed E-state index contributed by atoms with van der Waals surface area (Å²) in [5, 5.41) is 11.6. The lowest BCUT2D eigenvalue weighted by molar-refractivity contribution is 0.484. The van der Waals surface area contributed by atoms with Crippen molar-refractivity contribution in [3.05, 3.63) is 34.1 Å². The molecule has 0 aliphatic carbocycles. The molecule has 1 aromatic carbocycles. The Hall–Kier alpha value is -1.20. The third-order valence-electron chi connectivity index (χ3n) is 3.01. The first-order valence-corrected chi connectivity index (χ1v) is 7.68. The molecule has 0 fully saturated rings. The van der Waals surface area contributed by atoms with Gasteiger partial charge in [0.05, 0.1) is 0 Å². The highest BCUT2D eigenvalue weighted by atomic mass is 79.9. The van der Waals surface area contributed by atoms with Crippen LogP contribution in [0.1, 0.15) is 31.7 Å². The summed E-state index contributed by atoms with van der Waals surface area (Å²) in [6, 6.07) is 6.54. The van der Waals surface area contributed by atoms with E-state index in [1.54, 1.807) is 0 Å². The van der Waals surface area contributed by atoms with E-state index < -0.39 is 0 Å². The lowest BCUT2D eigenvalue weighted by atomic mass is 10.1. The van der Waals surface area contributed by atoms with Crippen LogP contribution in [-0.2, 0) is 6.42 Å². The third-order valence-corrected chi connectivity index (χ3v) is 3.50. The van der Waals surface area contributed by atoms with Crippen LogP contribution in [0.2, 0.25) is 0 Å². The van der Waals surface area contributed by atoms with Gasteiger partial charge in [-0.3, -0.25) is 0 Å². The molecule has 1 aromatic heterocycles. The van der Waals surface area contributed by atoms with Gasteiger partial charge in [0.25, 0.3) is 0 Å². The lowest BCUT2D eigenvalue weighted by Gasteiger charge is -2.05. The molecule has 0 spiro atoms. The number of halogens is 1. The highest BCUT2D eigenvalue weighted by Crippen LogP contribution is 2.25. The Kier molecular flexibility index (Phi) is 5.31. The molecule has 4 nitrogen and oxygen atoms in total. The number of rotatable bonds is 6. The fourth-order valence-electron chi connectivity index (χ4n) is 1.96. The number of nitrogens with zero attached hydrogens (tertiary/aromatic N) is 2. The molecule has 5 heteroatoms. The SMILES string of the molecule is Cc1cc(Br)ccc1-c1nnc(CCCNC(C)C)o1. The second-order valence-corrected chi connectivity index (χ2v) is 6.09. The normalized spacial score (nSPS) is 11.2. The van der Waals surface area contributed by atoms with Gasteiger partial charge in [0, 0.05) is 22.5 Å². The Morgan fingerprint density at radius 1 is 1.30 bits per heavy atom. The van der Waals surface area contributed by atoms with Crippen LogP contribution < -0.4 is 5.32 Å². The molecule has 0 saturated carbocycles. The number of nitrogens with one attached hydrogen (secondary N) is 1. The summed E-state index contributed by atoms with van der Waals surface area (Å²) < 4.78 is 6.79. The van der Waals surface area contributed by atoms with Crippen LogP contribution in [0.4, 0.5) is 0 Å².